The van der Waals surface area contributed by atoms with Crippen molar-refractivity contribution in [1.29, 1.82) is 0 Å². The predicted octanol–water partition coefficient (Wildman–Crippen LogP) is 4.52. The summed E-state index contributed by atoms with van der Waals surface area (Å²) in [6.07, 6.45) is 2.02. The van der Waals surface area contributed by atoms with Crippen LogP contribution in [-0.4, -0.2) is 24.5 Å². The van der Waals surface area contributed by atoms with Crippen LogP contribution in [0.15, 0.2) is 40.6 Å². The molecule has 0 unspecified atom stereocenters. The van der Waals surface area contributed by atoms with Crippen molar-refractivity contribution in [2.45, 2.75) is 4.90 Å². The van der Waals surface area contributed by atoms with Crippen molar-refractivity contribution in [3.8, 4) is 39.6 Å². The van der Waals surface area contributed by atoms with Crippen LogP contribution in [0.25, 0.3) is 22.4 Å². The molecule has 0 bridgehead atoms. The first-order valence-electron chi connectivity index (χ1n) is 7.57. The van der Waals surface area contributed by atoms with Crippen LogP contribution in [0.1, 0.15) is 0 Å². The summed E-state index contributed by atoms with van der Waals surface area (Å²) in [4.78, 5) is 1.07. The van der Waals surface area contributed by atoms with E-state index in [1.807, 2.05) is 35.9 Å². The van der Waals surface area contributed by atoms with Crippen LogP contribution >= 0.6 is 23.3 Å². The number of nitrogen functional groups attached to an aromatic ring is 1. The lowest BCUT2D eigenvalue weighted by Crippen LogP contribution is -1.93. The van der Waals surface area contributed by atoms with Gasteiger partial charge in [0.15, 0.2) is 11.5 Å². The van der Waals surface area contributed by atoms with Gasteiger partial charge in [0.25, 0.3) is 0 Å². The first kappa shape index (κ1) is 16.1. The number of hydrogen-bond acceptors (Lipinski definition) is 7. The van der Waals surface area contributed by atoms with Crippen molar-refractivity contribution in [2.24, 2.45) is 0 Å². The van der Waals surface area contributed by atoms with E-state index in [4.69, 9.17) is 19.9 Å². The Bertz CT molecular complexity index is 940. The smallest absolute Gasteiger partial charge is 0.231 e. The molecule has 1 aliphatic heterocycles. The Labute approximate surface area is 153 Å². The molecule has 0 fully saturated rings. The normalized spacial score (nSPS) is 12.4. The maximum atomic E-state index is 6.15. The SMILES string of the molecule is COc1cc(-c2nscc2-c2ccc(SC)c(N)c2)cc2c1OCO2. The summed E-state index contributed by atoms with van der Waals surface area (Å²) < 4.78 is 21.0. The van der Waals surface area contributed by atoms with Crippen molar-refractivity contribution >= 4 is 29.0 Å². The van der Waals surface area contributed by atoms with Gasteiger partial charge in [0.05, 0.1) is 12.8 Å². The summed E-state index contributed by atoms with van der Waals surface area (Å²) in [5.41, 5.74) is 10.8. The first-order chi connectivity index (χ1) is 12.2. The van der Waals surface area contributed by atoms with Gasteiger partial charge in [-0.2, -0.15) is 4.37 Å². The number of ether oxygens (including phenoxy) is 3. The zero-order chi connectivity index (χ0) is 17.4. The van der Waals surface area contributed by atoms with E-state index in [1.165, 1.54) is 11.5 Å². The zero-order valence-corrected chi connectivity index (χ0v) is 15.4. The highest BCUT2D eigenvalue weighted by molar-refractivity contribution is 7.98. The highest BCUT2D eigenvalue weighted by atomic mass is 32.2. The second-order valence-corrected chi connectivity index (χ2v) is 6.92. The number of methoxy groups -OCH3 is 1. The topological polar surface area (TPSA) is 66.6 Å². The Kier molecular flexibility index (Phi) is 4.19. The fourth-order valence-electron chi connectivity index (χ4n) is 2.82. The highest BCUT2D eigenvalue weighted by Crippen LogP contribution is 2.46. The monoisotopic (exact) mass is 372 g/mol. The van der Waals surface area contributed by atoms with Crippen molar-refractivity contribution < 1.29 is 14.2 Å². The van der Waals surface area contributed by atoms with Gasteiger partial charge in [-0.25, -0.2) is 0 Å². The molecule has 0 amide bonds. The number of nitrogens with zero attached hydrogens (tertiary/aromatic N) is 1. The number of nitrogens with two attached hydrogens (primary N) is 1. The molecule has 0 saturated carbocycles. The lowest BCUT2D eigenvalue weighted by molar-refractivity contribution is 0.171. The molecule has 4 rings (SSSR count). The van der Waals surface area contributed by atoms with Gasteiger partial charge < -0.3 is 19.9 Å². The third-order valence-electron chi connectivity index (χ3n) is 4.04. The summed E-state index contributed by atoms with van der Waals surface area (Å²) in [7, 11) is 1.62. The van der Waals surface area contributed by atoms with Crippen molar-refractivity contribution in [3.63, 3.8) is 0 Å². The van der Waals surface area contributed by atoms with Crippen LogP contribution in [-0.2, 0) is 0 Å². The molecule has 1 aromatic heterocycles. The van der Waals surface area contributed by atoms with E-state index >= 15 is 0 Å². The van der Waals surface area contributed by atoms with Gasteiger partial charge in [0, 0.05) is 27.1 Å². The van der Waals surface area contributed by atoms with Crippen molar-refractivity contribution in [1.82, 2.24) is 4.37 Å². The lowest BCUT2D eigenvalue weighted by atomic mass is 10.0. The molecule has 3 aromatic rings. The van der Waals surface area contributed by atoms with Gasteiger partial charge in [0.2, 0.25) is 12.5 Å². The molecular weight excluding hydrogens is 356 g/mol. The molecule has 2 heterocycles. The van der Waals surface area contributed by atoms with Gasteiger partial charge in [-0.05, 0) is 47.6 Å². The van der Waals surface area contributed by atoms with Gasteiger partial charge in [-0.3, -0.25) is 0 Å². The number of hydrogen-bond donors (Lipinski definition) is 1. The maximum Gasteiger partial charge on any atom is 0.231 e. The van der Waals surface area contributed by atoms with E-state index in [0.717, 1.165) is 33.0 Å². The third kappa shape index (κ3) is 2.79. The minimum Gasteiger partial charge on any atom is -0.493 e. The first-order valence-corrected chi connectivity index (χ1v) is 9.63. The molecule has 128 valence electrons. The zero-order valence-electron chi connectivity index (χ0n) is 13.7. The Hall–Kier alpha value is -2.38. The lowest BCUT2D eigenvalue weighted by Gasteiger charge is -2.10. The second kappa shape index (κ2) is 6.50. The molecule has 25 heavy (non-hydrogen) atoms. The molecule has 2 N–H and O–H groups in total. The molecule has 0 aliphatic carbocycles. The fourth-order valence-corrected chi connectivity index (χ4v) is 4.03. The van der Waals surface area contributed by atoms with Crippen molar-refractivity contribution in [3.05, 3.63) is 35.7 Å². The van der Waals surface area contributed by atoms with Crippen molar-refractivity contribution in [2.75, 3.05) is 25.9 Å². The summed E-state index contributed by atoms with van der Waals surface area (Å²) in [5.74, 6) is 1.95. The summed E-state index contributed by atoms with van der Waals surface area (Å²) in [6.45, 7) is 0.200. The Morgan fingerprint density at radius 1 is 1.20 bits per heavy atom. The van der Waals surface area contributed by atoms with E-state index in [9.17, 15) is 0 Å². The molecule has 0 radical (unpaired) electrons. The molecule has 0 atom stereocenters. The maximum absolute atomic E-state index is 6.15. The van der Waals surface area contributed by atoms with Gasteiger partial charge in [-0.1, -0.05) is 6.07 Å². The summed E-state index contributed by atoms with van der Waals surface area (Å²) in [6, 6.07) is 9.95. The minimum absolute atomic E-state index is 0.200. The average Bonchev–Trinajstić information content (AvgIpc) is 3.29. The van der Waals surface area contributed by atoms with E-state index in [2.05, 4.69) is 10.4 Å². The number of thioether (sulfide) groups is 1. The number of rotatable bonds is 4. The van der Waals surface area contributed by atoms with Gasteiger partial charge in [-0.15, -0.1) is 11.8 Å². The summed E-state index contributed by atoms with van der Waals surface area (Å²) in [5, 5.41) is 2.03. The van der Waals surface area contributed by atoms with Crippen LogP contribution in [0.4, 0.5) is 5.69 Å². The van der Waals surface area contributed by atoms with Crippen LogP contribution in [0.5, 0.6) is 17.2 Å². The van der Waals surface area contributed by atoms with Crippen LogP contribution < -0.4 is 19.9 Å². The van der Waals surface area contributed by atoms with E-state index in [-0.39, 0.29) is 6.79 Å². The predicted molar refractivity (Wildman–Crippen MR) is 102 cm³/mol. The molecule has 0 spiro atoms. The molecule has 5 nitrogen and oxygen atoms in total. The highest BCUT2D eigenvalue weighted by Gasteiger charge is 2.22. The third-order valence-corrected chi connectivity index (χ3v) is 5.48. The van der Waals surface area contributed by atoms with E-state index in [0.29, 0.717) is 17.2 Å². The standard InChI is InChI=1S/C18H16N2O3S2/c1-21-14-6-11(7-15-18(14)23-9-22-15)17-12(8-25-20-17)10-3-4-16(24-2)13(19)5-10/h3-8H,9,19H2,1-2H3. The van der Waals surface area contributed by atoms with Gasteiger partial charge in [0.1, 0.15) is 0 Å². The van der Waals surface area contributed by atoms with E-state index in [1.54, 1.807) is 18.9 Å². The van der Waals surface area contributed by atoms with Crippen LogP contribution in [0.2, 0.25) is 0 Å². The second-order valence-electron chi connectivity index (χ2n) is 5.45. The number of benzene rings is 2. The van der Waals surface area contributed by atoms with Gasteiger partial charge >= 0.3 is 0 Å². The quantitative estimate of drug-likeness (QED) is 0.536. The minimum atomic E-state index is 0.200. The molecular formula is C18H16N2O3S2. The number of anilines is 1. The Morgan fingerprint density at radius 3 is 2.84 bits per heavy atom. The fraction of sp³-hybridized carbons (Fsp3) is 0.167. The molecule has 2 aromatic carbocycles. The van der Waals surface area contributed by atoms with Crippen LogP contribution in [0, 0.1) is 0 Å². The Morgan fingerprint density at radius 2 is 2.08 bits per heavy atom. The number of fused-ring (bicyclic) bond motifs is 1. The molecule has 0 saturated heterocycles. The van der Waals surface area contributed by atoms with Crippen LogP contribution in [0.3, 0.4) is 0 Å². The molecule has 7 heteroatoms. The molecule has 1 aliphatic rings. The summed E-state index contributed by atoms with van der Waals surface area (Å²) >= 11 is 3.04. The number of aromatic nitrogens is 1. The largest absolute Gasteiger partial charge is 0.493 e. The Balaban J connectivity index is 1.82. The average molecular weight is 372 g/mol. The van der Waals surface area contributed by atoms with E-state index < -0.39 is 0 Å².